The number of hydrogen-bond donors (Lipinski definition) is 1. The molecule has 0 aliphatic rings. The monoisotopic (exact) mass is 121 g/mol. The fourth-order valence-electron chi connectivity index (χ4n) is 0.190. The molecule has 0 aromatic rings. The lowest BCUT2D eigenvalue weighted by Crippen LogP contribution is -2.06. The third kappa shape index (κ3) is 5.65. The summed E-state index contributed by atoms with van der Waals surface area (Å²) in [5.74, 6) is 0. The number of hydrogen-bond acceptors (Lipinski definition) is 2. The third-order valence-electron chi connectivity index (χ3n) is 0.326. The fourth-order valence-corrected chi connectivity index (χ4v) is 0.569. The second-order valence-electron chi connectivity index (χ2n) is 1.06. The van der Waals surface area contributed by atoms with E-state index < -0.39 is 10.0 Å². The van der Waals surface area contributed by atoms with Crippen LogP contribution >= 0.6 is 0 Å². The van der Waals surface area contributed by atoms with Gasteiger partial charge >= 0.3 is 0 Å². The topological polar surface area (TPSA) is 60.2 Å². The summed E-state index contributed by atoms with van der Waals surface area (Å²) < 4.78 is 19.8. The molecule has 3 nitrogen and oxygen atoms in total. The Morgan fingerprint density at radius 3 is 2.00 bits per heavy atom. The van der Waals surface area contributed by atoms with Gasteiger partial charge in [-0.05, 0) is 6.92 Å². The molecule has 0 atom stereocenters. The van der Waals surface area contributed by atoms with Crippen molar-refractivity contribution >= 4 is 10.0 Å². The Morgan fingerprint density at radius 1 is 1.57 bits per heavy atom. The molecule has 0 bridgehead atoms. The minimum atomic E-state index is -3.35. The van der Waals surface area contributed by atoms with Crippen molar-refractivity contribution < 1.29 is 8.42 Å². The largest absolute Gasteiger partial charge is 0.230 e. The normalized spacial score (nSPS) is 12.9. The maximum Gasteiger partial charge on any atom is 0.230 e. The molecule has 0 aliphatic carbocycles. The van der Waals surface area contributed by atoms with Crippen LogP contribution in [-0.4, -0.2) is 8.42 Å². The molecule has 0 unspecified atom stereocenters. The maximum absolute atomic E-state index is 9.92. The Hall–Kier alpha value is -0.350. The molecule has 0 aromatic heterocycles. The van der Waals surface area contributed by atoms with Gasteiger partial charge in [0.2, 0.25) is 10.0 Å². The molecule has 0 fully saturated rings. The lowest BCUT2D eigenvalue weighted by molar-refractivity contribution is 0.606. The molecule has 0 heterocycles. The first kappa shape index (κ1) is 6.65. The molecular weight excluding hydrogens is 114 g/mol. The molecule has 2 N–H and O–H groups in total. The van der Waals surface area contributed by atoms with Gasteiger partial charge < -0.3 is 0 Å². The molecule has 42 valence electrons. The minimum Gasteiger partial charge on any atom is -0.225 e. The highest BCUT2D eigenvalue weighted by Crippen LogP contribution is 1.76. The lowest BCUT2D eigenvalue weighted by atomic mass is 10.8. The van der Waals surface area contributed by atoms with Crippen molar-refractivity contribution in [1.29, 1.82) is 0 Å². The summed E-state index contributed by atoms with van der Waals surface area (Å²) >= 11 is 0. The van der Waals surface area contributed by atoms with E-state index in [-0.39, 0.29) is 0 Å². The van der Waals surface area contributed by atoms with Crippen LogP contribution in [-0.2, 0) is 10.0 Å². The zero-order chi connectivity index (χ0) is 5.91. The van der Waals surface area contributed by atoms with Gasteiger partial charge in [-0.15, -0.1) is 0 Å². The molecular formula is C3H7NO2S. The van der Waals surface area contributed by atoms with Crippen molar-refractivity contribution in [2.45, 2.75) is 6.92 Å². The van der Waals surface area contributed by atoms with Crippen LogP contribution in [0.25, 0.3) is 0 Å². The zero-order valence-electron chi connectivity index (χ0n) is 3.96. The Kier molecular flexibility index (Phi) is 1.98. The third-order valence-corrected chi connectivity index (χ3v) is 0.977. The highest BCUT2D eigenvalue weighted by atomic mass is 32.2. The van der Waals surface area contributed by atoms with E-state index in [1.807, 2.05) is 0 Å². The van der Waals surface area contributed by atoms with E-state index in [9.17, 15) is 8.42 Å². The average Bonchev–Trinajstić information content (AvgIpc) is 1.30. The Labute approximate surface area is 42.9 Å². The smallest absolute Gasteiger partial charge is 0.225 e. The Morgan fingerprint density at radius 2 is 2.00 bits per heavy atom. The van der Waals surface area contributed by atoms with Crippen molar-refractivity contribution in [2.24, 2.45) is 5.14 Å². The Bertz CT molecular complexity index is 156. The predicted octanol–water partition coefficient (Wildman–Crippen LogP) is -0.191. The van der Waals surface area contributed by atoms with E-state index in [4.69, 9.17) is 0 Å². The highest BCUT2D eigenvalue weighted by Gasteiger charge is 1.87. The quantitative estimate of drug-likeness (QED) is 0.522. The van der Waals surface area contributed by atoms with Gasteiger partial charge in [-0.1, -0.05) is 6.08 Å². The van der Waals surface area contributed by atoms with Crippen LogP contribution < -0.4 is 5.14 Å². The minimum absolute atomic E-state index is 0.938. The van der Waals surface area contributed by atoms with Crippen LogP contribution in [0.1, 0.15) is 6.92 Å². The molecule has 0 radical (unpaired) electrons. The molecule has 0 saturated heterocycles. The summed E-state index contributed by atoms with van der Waals surface area (Å²) in [6.45, 7) is 1.59. The first-order valence-corrected chi connectivity index (χ1v) is 3.32. The van der Waals surface area contributed by atoms with Crippen LogP contribution in [0.2, 0.25) is 0 Å². The molecule has 0 amide bonds. The van der Waals surface area contributed by atoms with Crippen molar-refractivity contribution in [2.75, 3.05) is 0 Å². The predicted molar refractivity (Wildman–Crippen MR) is 27.9 cm³/mol. The molecule has 4 heteroatoms. The summed E-state index contributed by atoms with van der Waals surface area (Å²) in [6.07, 6.45) is 1.37. The highest BCUT2D eigenvalue weighted by molar-refractivity contribution is 7.92. The second-order valence-corrected chi connectivity index (χ2v) is 2.51. The molecule has 0 saturated carbocycles. The molecule has 0 aliphatic heterocycles. The van der Waals surface area contributed by atoms with E-state index in [1.165, 1.54) is 6.08 Å². The van der Waals surface area contributed by atoms with Crippen LogP contribution in [0.5, 0.6) is 0 Å². The van der Waals surface area contributed by atoms with Gasteiger partial charge in [0.15, 0.2) is 0 Å². The summed E-state index contributed by atoms with van der Waals surface area (Å²) in [6, 6.07) is 0. The van der Waals surface area contributed by atoms with Gasteiger partial charge in [-0.25, -0.2) is 13.6 Å². The van der Waals surface area contributed by atoms with E-state index in [1.54, 1.807) is 6.92 Å². The van der Waals surface area contributed by atoms with Gasteiger partial charge in [-0.3, -0.25) is 0 Å². The summed E-state index contributed by atoms with van der Waals surface area (Å²) in [4.78, 5) is 0. The SMILES string of the molecule is CC=CS(N)(=O)=O. The van der Waals surface area contributed by atoms with Crippen LogP contribution in [0.4, 0.5) is 0 Å². The molecule has 7 heavy (non-hydrogen) atoms. The first-order chi connectivity index (χ1) is 3.06. The average molecular weight is 121 g/mol. The van der Waals surface area contributed by atoms with Crippen molar-refractivity contribution in [3.63, 3.8) is 0 Å². The lowest BCUT2D eigenvalue weighted by Gasteiger charge is -1.78. The summed E-state index contributed by atoms with van der Waals surface area (Å²) in [7, 11) is -3.35. The van der Waals surface area contributed by atoms with Crippen molar-refractivity contribution in [3.05, 3.63) is 11.5 Å². The number of primary sulfonamides is 1. The van der Waals surface area contributed by atoms with Gasteiger partial charge in [0.1, 0.15) is 0 Å². The Balaban J connectivity index is 4.13. The molecule has 0 aromatic carbocycles. The summed E-state index contributed by atoms with van der Waals surface area (Å²) in [5.41, 5.74) is 0. The molecule has 0 rings (SSSR count). The number of sulfonamides is 1. The van der Waals surface area contributed by atoms with Crippen LogP contribution in [0, 0.1) is 0 Å². The number of rotatable bonds is 1. The van der Waals surface area contributed by atoms with E-state index >= 15 is 0 Å². The van der Waals surface area contributed by atoms with Crippen LogP contribution in [0.3, 0.4) is 0 Å². The second kappa shape index (κ2) is 2.09. The van der Waals surface area contributed by atoms with Gasteiger partial charge in [0.25, 0.3) is 0 Å². The zero-order valence-corrected chi connectivity index (χ0v) is 4.77. The van der Waals surface area contributed by atoms with E-state index in [2.05, 4.69) is 5.14 Å². The van der Waals surface area contributed by atoms with Gasteiger partial charge in [0, 0.05) is 5.41 Å². The summed E-state index contributed by atoms with van der Waals surface area (Å²) in [5, 5.41) is 5.47. The van der Waals surface area contributed by atoms with E-state index in [0.717, 1.165) is 5.41 Å². The van der Waals surface area contributed by atoms with Crippen molar-refractivity contribution in [3.8, 4) is 0 Å². The van der Waals surface area contributed by atoms with Crippen molar-refractivity contribution in [1.82, 2.24) is 0 Å². The standard InChI is InChI=1S/C3H7NO2S/c1-2-3-7(4,5)6/h2-3H,1H3,(H2,4,5,6). The number of nitrogens with two attached hydrogens (primary N) is 1. The maximum atomic E-state index is 9.92. The van der Waals surface area contributed by atoms with Crippen LogP contribution in [0.15, 0.2) is 11.5 Å². The van der Waals surface area contributed by atoms with Gasteiger partial charge in [0.05, 0.1) is 0 Å². The van der Waals surface area contributed by atoms with E-state index in [0.29, 0.717) is 0 Å². The number of allylic oxidation sites excluding steroid dienone is 1. The fraction of sp³-hybridized carbons (Fsp3) is 0.333. The van der Waals surface area contributed by atoms with Gasteiger partial charge in [-0.2, -0.15) is 0 Å². The molecule has 0 spiro atoms. The first-order valence-electron chi connectivity index (χ1n) is 1.72.